The molecule has 0 aliphatic heterocycles. The molecule has 1 N–H and O–H groups in total. The Kier molecular flexibility index (Phi) is 4.39. The minimum absolute atomic E-state index is 0.142. The first kappa shape index (κ1) is 13.1. The van der Waals surface area contributed by atoms with Crippen molar-refractivity contribution in [3.8, 4) is 5.88 Å². The topological polar surface area (TPSA) is 47.0 Å². The molecule has 2 unspecified atom stereocenters. The highest BCUT2D eigenvalue weighted by Gasteiger charge is 2.20. The van der Waals surface area contributed by atoms with Crippen molar-refractivity contribution >= 4 is 5.82 Å². The molecule has 2 rings (SSSR count). The first-order valence-corrected chi connectivity index (χ1v) is 6.86. The summed E-state index contributed by atoms with van der Waals surface area (Å²) in [5, 5.41) is 3.39. The lowest BCUT2D eigenvalue weighted by Gasteiger charge is -2.13. The number of anilines is 1. The van der Waals surface area contributed by atoms with Crippen molar-refractivity contribution in [1.29, 1.82) is 0 Å². The highest BCUT2D eigenvalue weighted by atomic mass is 16.5. The second-order valence-electron chi connectivity index (χ2n) is 5.57. The van der Waals surface area contributed by atoms with Crippen molar-refractivity contribution in [2.45, 2.75) is 46.1 Å². The lowest BCUT2D eigenvalue weighted by molar-refractivity contribution is 0.232. The maximum absolute atomic E-state index is 5.55. The van der Waals surface area contributed by atoms with Gasteiger partial charge >= 0.3 is 0 Å². The summed E-state index contributed by atoms with van der Waals surface area (Å²) in [5.74, 6) is 3.16. The molecule has 1 aliphatic rings. The van der Waals surface area contributed by atoms with Crippen LogP contribution in [-0.2, 0) is 0 Å². The van der Waals surface area contributed by atoms with Crippen LogP contribution in [0.25, 0.3) is 0 Å². The Balaban J connectivity index is 1.85. The summed E-state index contributed by atoms with van der Waals surface area (Å²) in [6.45, 7) is 7.33. The van der Waals surface area contributed by atoms with Crippen LogP contribution in [0.5, 0.6) is 5.88 Å². The monoisotopic (exact) mass is 249 g/mol. The van der Waals surface area contributed by atoms with E-state index in [2.05, 4.69) is 22.2 Å². The molecule has 1 aromatic rings. The fraction of sp³-hybridized carbons (Fsp3) is 0.714. The Morgan fingerprint density at radius 2 is 2.22 bits per heavy atom. The molecule has 0 bridgehead atoms. The quantitative estimate of drug-likeness (QED) is 0.871. The molecule has 4 heteroatoms. The summed E-state index contributed by atoms with van der Waals surface area (Å²) >= 11 is 0. The maximum atomic E-state index is 5.55. The van der Waals surface area contributed by atoms with Crippen molar-refractivity contribution in [3.63, 3.8) is 0 Å². The summed E-state index contributed by atoms with van der Waals surface area (Å²) in [4.78, 5) is 8.32. The molecular formula is C14H23N3O. The highest BCUT2D eigenvalue weighted by Crippen LogP contribution is 2.30. The lowest BCUT2D eigenvalue weighted by atomic mass is 10.1. The van der Waals surface area contributed by atoms with E-state index in [9.17, 15) is 0 Å². The van der Waals surface area contributed by atoms with E-state index >= 15 is 0 Å². The molecule has 1 saturated carbocycles. The first-order valence-electron chi connectivity index (χ1n) is 6.86. The van der Waals surface area contributed by atoms with Crippen molar-refractivity contribution in [2.24, 2.45) is 11.8 Å². The molecular weight excluding hydrogens is 226 g/mol. The number of nitrogens with one attached hydrogen (secondary N) is 1. The molecule has 0 saturated heterocycles. The van der Waals surface area contributed by atoms with Crippen LogP contribution in [0, 0.1) is 11.8 Å². The number of hydrogen-bond acceptors (Lipinski definition) is 4. The Morgan fingerprint density at radius 3 is 2.89 bits per heavy atom. The zero-order valence-electron chi connectivity index (χ0n) is 11.5. The average molecular weight is 249 g/mol. The lowest BCUT2D eigenvalue weighted by Crippen LogP contribution is -2.13. The molecule has 0 radical (unpaired) electrons. The van der Waals surface area contributed by atoms with E-state index in [1.54, 1.807) is 6.33 Å². The minimum Gasteiger partial charge on any atom is -0.475 e. The SMILES string of the molecule is CC1CCC(CNc2cc(OC(C)C)ncn2)C1. The Labute approximate surface area is 109 Å². The summed E-state index contributed by atoms with van der Waals surface area (Å²) in [7, 11) is 0. The van der Waals surface area contributed by atoms with Crippen LogP contribution in [0.15, 0.2) is 12.4 Å². The number of hydrogen-bond donors (Lipinski definition) is 1. The van der Waals surface area contributed by atoms with Crippen LogP contribution in [0.4, 0.5) is 5.82 Å². The van der Waals surface area contributed by atoms with Gasteiger partial charge in [0.05, 0.1) is 6.10 Å². The van der Waals surface area contributed by atoms with Gasteiger partial charge in [-0.15, -0.1) is 0 Å². The molecule has 1 heterocycles. The number of nitrogens with zero attached hydrogens (tertiary/aromatic N) is 2. The largest absolute Gasteiger partial charge is 0.475 e. The Bertz CT molecular complexity index is 381. The van der Waals surface area contributed by atoms with Crippen LogP contribution in [0.1, 0.15) is 40.0 Å². The molecule has 18 heavy (non-hydrogen) atoms. The van der Waals surface area contributed by atoms with Crippen LogP contribution in [-0.4, -0.2) is 22.6 Å². The van der Waals surface area contributed by atoms with Gasteiger partial charge in [0.15, 0.2) is 0 Å². The molecule has 100 valence electrons. The summed E-state index contributed by atoms with van der Waals surface area (Å²) in [6.07, 6.45) is 5.71. The van der Waals surface area contributed by atoms with Crippen LogP contribution in [0.3, 0.4) is 0 Å². The van der Waals surface area contributed by atoms with Crippen LogP contribution in [0.2, 0.25) is 0 Å². The van der Waals surface area contributed by atoms with Gasteiger partial charge in [0.2, 0.25) is 5.88 Å². The molecule has 4 nitrogen and oxygen atoms in total. The van der Waals surface area contributed by atoms with Crippen molar-refractivity contribution in [1.82, 2.24) is 9.97 Å². The standard InChI is InChI=1S/C14H23N3O/c1-10(2)18-14-7-13(16-9-17-14)15-8-12-5-4-11(3)6-12/h7,9-12H,4-6,8H2,1-3H3,(H,15,16,17). The second-order valence-corrected chi connectivity index (χ2v) is 5.57. The molecule has 1 aliphatic carbocycles. The molecule has 2 atom stereocenters. The Morgan fingerprint density at radius 1 is 1.39 bits per heavy atom. The third-order valence-electron chi connectivity index (χ3n) is 3.37. The summed E-state index contributed by atoms with van der Waals surface area (Å²) in [5.41, 5.74) is 0. The number of aromatic nitrogens is 2. The van der Waals surface area contributed by atoms with Crippen molar-refractivity contribution in [3.05, 3.63) is 12.4 Å². The van der Waals surface area contributed by atoms with Gasteiger partial charge < -0.3 is 10.1 Å². The third-order valence-corrected chi connectivity index (χ3v) is 3.37. The third kappa shape index (κ3) is 3.86. The minimum atomic E-state index is 0.142. The zero-order chi connectivity index (χ0) is 13.0. The van der Waals surface area contributed by atoms with Gasteiger partial charge in [0, 0.05) is 12.6 Å². The molecule has 1 aromatic heterocycles. The van der Waals surface area contributed by atoms with E-state index in [1.165, 1.54) is 19.3 Å². The van der Waals surface area contributed by atoms with Gasteiger partial charge in [0.25, 0.3) is 0 Å². The second kappa shape index (κ2) is 6.03. The van der Waals surface area contributed by atoms with Crippen LogP contribution < -0.4 is 10.1 Å². The van der Waals surface area contributed by atoms with Crippen molar-refractivity contribution in [2.75, 3.05) is 11.9 Å². The smallest absolute Gasteiger partial charge is 0.218 e. The molecule has 0 amide bonds. The fourth-order valence-electron chi connectivity index (χ4n) is 2.50. The predicted octanol–water partition coefficient (Wildman–Crippen LogP) is 3.11. The Hall–Kier alpha value is -1.32. The van der Waals surface area contributed by atoms with Gasteiger partial charge in [-0.1, -0.05) is 13.3 Å². The zero-order valence-corrected chi connectivity index (χ0v) is 11.5. The maximum Gasteiger partial charge on any atom is 0.218 e. The fourth-order valence-corrected chi connectivity index (χ4v) is 2.50. The molecule has 0 aromatic carbocycles. The van der Waals surface area contributed by atoms with E-state index < -0.39 is 0 Å². The molecule has 1 fully saturated rings. The van der Waals surface area contributed by atoms with Gasteiger partial charge in [0.1, 0.15) is 12.1 Å². The van der Waals surface area contributed by atoms with Crippen molar-refractivity contribution < 1.29 is 4.74 Å². The van der Waals surface area contributed by atoms with Gasteiger partial charge in [-0.05, 0) is 38.5 Å². The highest BCUT2D eigenvalue weighted by molar-refractivity contribution is 5.37. The first-order chi connectivity index (χ1) is 8.63. The summed E-state index contributed by atoms with van der Waals surface area (Å²) in [6, 6.07) is 1.87. The molecule has 0 spiro atoms. The van der Waals surface area contributed by atoms with Gasteiger partial charge in [-0.25, -0.2) is 9.97 Å². The van der Waals surface area contributed by atoms with E-state index in [-0.39, 0.29) is 6.10 Å². The van der Waals surface area contributed by atoms with E-state index in [1.807, 2.05) is 19.9 Å². The van der Waals surface area contributed by atoms with Crippen LogP contribution >= 0.6 is 0 Å². The number of rotatable bonds is 5. The summed E-state index contributed by atoms with van der Waals surface area (Å²) < 4.78 is 5.55. The number of ether oxygens (including phenoxy) is 1. The van der Waals surface area contributed by atoms with Gasteiger partial charge in [-0.3, -0.25) is 0 Å². The van der Waals surface area contributed by atoms with Gasteiger partial charge in [-0.2, -0.15) is 0 Å². The predicted molar refractivity (Wildman–Crippen MR) is 72.8 cm³/mol. The van der Waals surface area contributed by atoms with E-state index in [4.69, 9.17) is 4.74 Å². The average Bonchev–Trinajstić information content (AvgIpc) is 2.72. The van der Waals surface area contributed by atoms with E-state index in [0.717, 1.165) is 24.2 Å². The van der Waals surface area contributed by atoms with E-state index in [0.29, 0.717) is 5.88 Å². The normalized spacial score (nSPS) is 23.3.